The SMILES string of the molecule is CCCCCCCCCCCCNc1ccccc1-c1cc2sc(-c3ccccc3NCCCCCCCCCCCC)cc2s1. The van der Waals surface area contributed by atoms with Gasteiger partial charge in [0.1, 0.15) is 0 Å². The van der Waals surface area contributed by atoms with Crippen molar-refractivity contribution in [2.75, 3.05) is 23.7 Å². The summed E-state index contributed by atoms with van der Waals surface area (Å²) in [6, 6.07) is 22.6. The van der Waals surface area contributed by atoms with Crippen LogP contribution in [0.25, 0.3) is 30.3 Å². The second-order valence-electron chi connectivity index (χ2n) is 13.3. The van der Waals surface area contributed by atoms with Crippen LogP contribution >= 0.6 is 22.7 Å². The molecule has 0 aliphatic heterocycles. The van der Waals surface area contributed by atoms with Gasteiger partial charge in [-0.05, 0) is 37.1 Å². The van der Waals surface area contributed by atoms with Crippen molar-refractivity contribution in [2.24, 2.45) is 0 Å². The maximum absolute atomic E-state index is 3.77. The molecule has 0 bridgehead atoms. The molecule has 0 saturated heterocycles. The normalized spacial score (nSPS) is 11.4. The molecule has 0 aliphatic carbocycles. The van der Waals surface area contributed by atoms with Crippen LogP contribution in [0.3, 0.4) is 0 Å². The number of nitrogens with one attached hydrogen (secondary N) is 2. The van der Waals surface area contributed by atoms with Gasteiger partial charge in [-0.2, -0.15) is 0 Å². The minimum absolute atomic E-state index is 1.06. The van der Waals surface area contributed by atoms with Gasteiger partial charge in [0.05, 0.1) is 0 Å². The number of rotatable bonds is 26. The van der Waals surface area contributed by atoms with E-state index in [-0.39, 0.29) is 0 Å². The second-order valence-corrected chi connectivity index (χ2v) is 15.4. The lowest BCUT2D eigenvalue weighted by Crippen LogP contribution is -2.02. The Morgan fingerprint density at radius 1 is 0.413 bits per heavy atom. The Morgan fingerprint density at radius 2 is 0.739 bits per heavy atom. The molecule has 0 radical (unpaired) electrons. The Balaban J connectivity index is 1.22. The van der Waals surface area contributed by atoms with Crippen LogP contribution in [0, 0.1) is 0 Å². The number of unbranched alkanes of at least 4 members (excludes halogenated alkanes) is 18. The van der Waals surface area contributed by atoms with E-state index >= 15 is 0 Å². The third-order valence-electron chi connectivity index (χ3n) is 9.28. The van der Waals surface area contributed by atoms with Crippen molar-refractivity contribution < 1.29 is 0 Å². The molecule has 0 spiro atoms. The summed E-state index contributed by atoms with van der Waals surface area (Å²) in [5, 5.41) is 7.54. The second kappa shape index (κ2) is 22.3. The highest BCUT2D eigenvalue weighted by molar-refractivity contribution is 7.31. The lowest BCUT2D eigenvalue weighted by Gasteiger charge is -2.11. The molecule has 46 heavy (non-hydrogen) atoms. The van der Waals surface area contributed by atoms with Crippen molar-refractivity contribution in [3.8, 4) is 20.9 Å². The molecule has 0 atom stereocenters. The van der Waals surface area contributed by atoms with Crippen molar-refractivity contribution in [1.29, 1.82) is 0 Å². The van der Waals surface area contributed by atoms with E-state index in [2.05, 4.69) is 85.1 Å². The molecular formula is C42H62N2S2. The topological polar surface area (TPSA) is 24.1 Å². The van der Waals surface area contributed by atoms with Crippen molar-refractivity contribution in [3.05, 3.63) is 60.7 Å². The zero-order valence-corrected chi connectivity index (χ0v) is 30.8. The average Bonchev–Trinajstić information content (AvgIpc) is 3.66. The minimum atomic E-state index is 1.06. The lowest BCUT2D eigenvalue weighted by atomic mass is 10.1. The first-order valence-corrected chi connectivity index (χ1v) is 20.6. The van der Waals surface area contributed by atoms with Crippen LogP contribution in [-0.4, -0.2) is 13.1 Å². The summed E-state index contributed by atoms with van der Waals surface area (Å²) in [6.45, 7) is 6.70. The smallest absolute Gasteiger partial charge is 0.0463 e. The molecule has 0 aliphatic rings. The van der Waals surface area contributed by atoms with Gasteiger partial charge < -0.3 is 10.6 Å². The van der Waals surface area contributed by atoms with Crippen molar-refractivity contribution in [1.82, 2.24) is 0 Å². The quantitative estimate of drug-likeness (QED) is 0.0656. The number of para-hydroxylation sites is 2. The van der Waals surface area contributed by atoms with E-state index in [0.717, 1.165) is 13.1 Å². The Bertz CT molecular complexity index is 1220. The molecule has 2 aromatic carbocycles. The first kappa shape index (κ1) is 36.5. The van der Waals surface area contributed by atoms with Crippen LogP contribution in [0.4, 0.5) is 11.4 Å². The Morgan fingerprint density at radius 3 is 1.11 bits per heavy atom. The number of benzene rings is 2. The highest BCUT2D eigenvalue weighted by Gasteiger charge is 2.14. The molecule has 2 N–H and O–H groups in total. The molecule has 2 nitrogen and oxygen atoms in total. The third kappa shape index (κ3) is 12.7. The van der Waals surface area contributed by atoms with Crippen LogP contribution in [0.5, 0.6) is 0 Å². The largest absolute Gasteiger partial charge is 0.385 e. The fourth-order valence-electron chi connectivity index (χ4n) is 6.48. The summed E-state index contributed by atoms with van der Waals surface area (Å²) in [6.07, 6.45) is 27.6. The molecule has 4 heteroatoms. The summed E-state index contributed by atoms with van der Waals surface area (Å²) in [4.78, 5) is 2.73. The van der Waals surface area contributed by atoms with Crippen LogP contribution in [0.1, 0.15) is 142 Å². The van der Waals surface area contributed by atoms with Crippen LogP contribution in [-0.2, 0) is 0 Å². The predicted molar refractivity (Wildman–Crippen MR) is 211 cm³/mol. The fraction of sp³-hybridized carbons (Fsp3) is 0.571. The zero-order chi connectivity index (χ0) is 32.1. The maximum Gasteiger partial charge on any atom is 0.0463 e. The van der Waals surface area contributed by atoms with Gasteiger partial charge in [-0.3, -0.25) is 0 Å². The summed E-state index contributed by atoms with van der Waals surface area (Å²) >= 11 is 3.86. The van der Waals surface area contributed by atoms with Gasteiger partial charge in [-0.25, -0.2) is 0 Å². The summed E-state index contributed by atoms with van der Waals surface area (Å²) in [5.74, 6) is 0. The van der Waals surface area contributed by atoms with E-state index < -0.39 is 0 Å². The molecule has 2 heterocycles. The van der Waals surface area contributed by atoms with Crippen molar-refractivity contribution in [3.63, 3.8) is 0 Å². The maximum atomic E-state index is 3.77. The molecule has 0 saturated carbocycles. The van der Waals surface area contributed by atoms with E-state index in [9.17, 15) is 0 Å². The van der Waals surface area contributed by atoms with Crippen LogP contribution in [0.2, 0.25) is 0 Å². The van der Waals surface area contributed by atoms with Crippen LogP contribution in [0.15, 0.2) is 60.7 Å². The molecule has 2 aromatic heterocycles. The molecule has 0 unspecified atom stereocenters. The van der Waals surface area contributed by atoms with Crippen molar-refractivity contribution in [2.45, 2.75) is 142 Å². The summed E-state index contributed by atoms with van der Waals surface area (Å²) < 4.78 is 2.79. The highest BCUT2D eigenvalue weighted by atomic mass is 32.1. The van der Waals surface area contributed by atoms with Gasteiger partial charge >= 0.3 is 0 Å². The Kier molecular flexibility index (Phi) is 17.7. The molecule has 4 aromatic rings. The van der Waals surface area contributed by atoms with Crippen LogP contribution < -0.4 is 10.6 Å². The minimum Gasteiger partial charge on any atom is -0.385 e. The molecule has 4 rings (SSSR count). The number of thiophene rings is 2. The monoisotopic (exact) mass is 658 g/mol. The van der Waals surface area contributed by atoms with Gasteiger partial charge in [0.15, 0.2) is 0 Å². The Hall–Kier alpha value is -2.30. The number of anilines is 2. The van der Waals surface area contributed by atoms with Gasteiger partial charge in [0, 0.05) is 54.7 Å². The van der Waals surface area contributed by atoms with Gasteiger partial charge in [-0.15, -0.1) is 22.7 Å². The van der Waals surface area contributed by atoms with Gasteiger partial charge in [0.2, 0.25) is 0 Å². The summed E-state index contributed by atoms with van der Waals surface area (Å²) in [7, 11) is 0. The van der Waals surface area contributed by atoms with Gasteiger partial charge in [-0.1, -0.05) is 166 Å². The molecule has 0 amide bonds. The van der Waals surface area contributed by atoms with Gasteiger partial charge in [0.25, 0.3) is 0 Å². The molecular weight excluding hydrogens is 597 g/mol. The standard InChI is InChI=1S/C42H62N2S2/c1-3-5-7-9-11-13-15-17-19-25-31-43-37-29-23-21-27-35(37)39-33-41-42(45-39)34-40(46-41)36-28-22-24-30-38(36)44-32-26-20-18-16-14-12-10-8-6-4-2/h21-24,27-30,33-34,43-44H,3-20,25-26,31-32H2,1-2H3. The van der Waals surface area contributed by atoms with E-state index in [1.54, 1.807) is 0 Å². The fourth-order valence-corrected chi connectivity index (χ4v) is 8.95. The number of hydrogen-bond donors (Lipinski definition) is 2. The first-order chi connectivity index (χ1) is 22.8. The number of hydrogen-bond acceptors (Lipinski definition) is 4. The Labute approximate surface area is 289 Å². The van der Waals surface area contributed by atoms with E-state index in [4.69, 9.17) is 0 Å². The molecule has 0 fully saturated rings. The third-order valence-corrected chi connectivity index (χ3v) is 11.6. The lowest BCUT2D eigenvalue weighted by molar-refractivity contribution is 0.560. The zero-order valence-electron chi connectivity index (χ0n) is 29.1. The number of fused-ring (bicyclic) bond motifs is 1. The van der Waals surface area contributed by atoms with Crippen molar-refractivity contribution >= 4 is 43.4 Å². The van der Waals surface area contributed by atoms with E-state index in [0.29, 0.717) is 0 Å². The molecule has 252 valence electrons. The van der Waals surface area contributed by atoms with E-state index in [1.165, 1.54) is 170 Å². The first-order valence-electron chi connectivity index (χ1n) is 19.0. The predicted octanol–water partition coefficient (Wildman–Crippen LogP) is 15.0. The average molecular weight is 659 g/mol. The van der Waals surface area contributed by atoms with E-state index in [1.807, 2.05) is 22.7 Å². The summed E-state index contributed by atoms with van der Waals surface area (Å²) in [5.41, 5.74) is 5.22. The highest BCUT2D eigenvalue weighted by Crippen LogP contribution is 2.44.